The van der Waals surface area contributed by atoms with Gasteiger partial charge in [-0.05, 0) is 18.6 Å². The van der Waals surface area contributed by atoms with Crippen LogP contribution in [0, 0.1) is 0 Å². The molecule has 0 saturated heterocycles. The summed E-state index contributed by atoms with van der Waals surface area (Å²) in [5.74, 6) is 1.47. The number of ether oxygens (including phenoxy) is 1. The molecule has 4 nitrogen and oxygen atoms in total. The van der Waals surface area contributed by atoms with Crippen LogP contribution < -0.4 is 10.5 Å². The monoisotopic (exact) mass is 243 g/mol. The predicted molar refractivity (Wildman–Crippen MR) is 70.0 cm³/mol. The summed E-state index contributed by atoms with van der Waals surface area (Å²) < 4.78 is 5.74. The van der Waals surface area contributed by atoms with E-state index in [-0.39, 0.29) is 6.04 Å². The maximum absolute atomic E-state index is 6.05. The zero-order valence-corrected chi connectivity index (χ0v) is 10.4. The van der Waals surface area contributed by atoms with Crippen LogP contribution in [0.5, 0.6) is 5.75 Å². The van der Waals surface area contributed by atoms with Crippen LogP contribution in [0.15, 0.2) is 42.7 Å². The highest BCUT2D eigenvalue weighted by Gasteiger charge is 2.10. The Morgan fingerprint density at radius 2 is 1.89 bits per heavy atom. The van der Waals surface area contributed by atoms with E-state index in [0.29, 0.717) is 12.4 Å². The standard InChI is InChI=1S/C14H17N3O/c1-2-12(15)11-6-3-4-7-13(11)18-10-14-16-8-5-9-17-14/h3-9,12H,2,10,15H2,1H3. The van der Waals surface area contributed by atoms with Gasteiger partial charge in [0.05, 0.1) is 0 Å². The quantitative estimate of drug-likeness (QED) is 0.876. The predicted octanol–water partition coefficient (Wildman–Crippen LogP) is 2.47. The van der Waals surface area contributed by atoms with Crippen molar-refractivity contribution in [1.82, 2.24) is 9.97 Å². The number of aromatic nitrogens is 2. The number of benzene rings is 1. The molecular formula is C14H17N3O. The van der Waals surface area contributed by atoms with Gasteiger partial charge in [0.2, 0.25) is 0 Å². The van der Waals surface area contributed by atoms with Crippen LogP contribution in [0.1, 0.15) is 30.8 Å². The lowest BCUT2D eigenvalue weighted by molar-refractivity contribution is 0.290. The molecule has 0 aliphatic rings. The average Bonchev–Trinajstić information content (AvgIpc) is 2.45. The third kappa shape index (κ3) is 3.05. The fraction of sp³-hybridized carbons (Fsp3) is 0.286. The summed E-state index contributed by atoms with van der Waals surface area (Å²) >= 11 is 0. The highest BCUT2D eigenvalue weighted by Crippen LogP contribution is 2.25. The first-order chi connectivity index (χ1) is 8.81. The lowest BCUT2D eigenvalue weighted by Gasteiger charge is -2.15. The average molecular weight is 243 g/mol. The van der Waals surface area contributed by atoms with E-state index in [0.717, 1.165) is 17.7 Å². The van der Waals surface area contributed by atoms with Crippen LogP contribution in [-0.4, -0.2) is 9.97 Å². The smallest absolute Gasteiger partial charge is 0.166 e. The summed E-state index contributed by atoms with van der Waals surface area (Å²) in [5.41, 5.74) is 7.08. The molecule has 0 saturated carbocycles. The molecule has 0 fully saturated rings. The Balaban J connectivity index is 2.10. The highest BCUT2D eigenvalue weighted by atomic mass is 16.5. The SMILES string of the molecule is CCC(N)c1ccccc1OCc1ncccn1. The van der Waals surface area contributed by atoms with Crippen molar-refractivity contribution < 1.29 is 4.74 Å². The summed E-state index contributed by atoms with van der Waals surface area (Å²) in [4.78, 5) is 8.24. The molecule has 0 bridgehead atoms. The van der Waals surface area contributed by atoms with Crippen molar-refractivity contribution in [1.29, 1.82) is 0 Å². The van der Waals surface area contributed by atoms with Crippen molar-refractivity contribution >= 4 is 0 Å². The number of nitrogens with zero attached hydrogens (tertiary/aromatic N) is 2. The van der Waals surface area contributed by atoms with Gasteiger partial charge in [-0.3, -0.25) is 0 Å². The van der Waals surface area contributed by atoms with Gasteiger partial charge in [-0.15, -0.1) is 0 Å². The second-order valence-electron chi connectivity index (χ2n) is 4.01. The first kappa shape index (κ1) is 12.5. The molecule has 1 aromatic carbocycles. The minimum Gasteiger partial charge on any atom is -0.485 e. The van der Waals surface area contributed by atoms with E-state index in [4.69, 9.17) is 10.5 Å². The van der Waals surface area contributed by atoms with Crippen molar-refractivity contribution in [2.75, 3.05) is 0 Å². The zero-order chi connectivity index (χ0) is 12.8. The molecule has 0 aliphatic carbocycles. The van der Waals surface area contributed by atoms with Gasteiger partial charge in [-0.25, -0.2) is 9.97 Å². The lowest BCUT2D eigenvalue weighted by Crippen LogP contribution is -2.11. The van der Waals surface area contributed by atoms with Crippen LogP contribution in [0.2, 0.25) is 0 Å². The van der Waals surface area contributed by atoms with Crippen molar-refractivity contribution in [2.45, 2.75) is 26.0 Å². The molecule has 2 rings (SSSR count). The Bertz CT molecular complexity index is 487. The Hall–Kier alpha value is -1.94. The number of rotatable bonds is 5. The Morgan fingerprint density at radius 3 is 2.61 bits per heavy atom. The molecule has 1 aromatic heterocycles. The summed E-state index contributed by atoms with van der Waals surface area (Å²) in [6.45, 7) is 2.41. The van der Waals surface area contributed by atoms with Gasteiger partial charge >= 0.3 is 0 Å². The van der Waals surface area contributed by atoms with Gasteiger partial charge in [0, 0.05) is 24.0 Å². The molecule has 2 aromatic rings. The second-order valence-corrected chi connectivity index (χ2v) is 4.01. The minimum atomic E-state index is -0.00195. The maximum atomic E-state index is 6.05. The number of hydrogen-bond donors (Lipinski definition) is 1. The molecule has 2 N–H and O–H groups in total. The molecule has 0 radical (unpaired) electrons. The van der Waals surface area contributed by atoms with Gasteiger partial charge < -0.3 is 10.5 Å². The van der Waals surface area contributed by atoms with Gasteiger partial charge in [-0.1, -0.05) is 25.1 Å². The molecule has 18 heavy (non-hydrogen) atoms. The Morgan fingerprint density at radius 1 is 1.17 bits per heavy atom. The van der Waals surface area contributed by atoms with Crippen molar-refractivity contribution in [2.24, 2.45) is 5.73 Å². The van der Waals surface area contributed by atoms with E-state index in [9.17, 15) is 0 Å². The number of hydrogen-bond acceptors (Lipinski definition) is 4. The number of nitrogens with two attached hydrogens (primary N) is 1. The fourth-order valence-corrected chi connectivity index (χ4v) is 1.69. The maximum Gasteiger partial charge on any atom is 0.166 e. The molecule has 1 heterocycles. The van der Waals surface area contributed by atoms with Crippen molar-refractivity contribution in [3.63, 3.8) is 0 Å². The van der Waals surface area contributed by atoms with Crippen LogP contribution in [0.3, 0.4) is 0 Å². The summed E-state index contributed by atoms with van der Waals surface area (Å²) in [6, 6.07) is 9.61. The van der Waals surface area contributed by atoms with E-state index >= 15 is 0 Å². The molecule has 0 amide bonds. The molecule has 1 unspecified atom stereocenters. The summed E-state index contributed by atoms with van der Waals surface area (Å²) in [7, 11) is 0. The molecule has 94 valence electrons. The minimum absolute atomic E-state index is 0.00195. The van der Waals surface area contributed by atoms with Crippen LogP contribution in [0.4, 0.5) is 0 Å². The Kier molecular flexibility index (Phi) is 4.25. The van der Waals surface area contributed by atoms with E-state index in [2.05, 4.69) is 16.9 Å². The molecular weight excluding hydrogens is 226 g/mol. The second kappa shape index (κ2) is 6.12. The largest absolute Gasteiger partial charge is 0.485 e. The van der Waals surface area contributed by atoms with Gasteiger partial charge in [0.15, 0.2) is 5.82 Å². The first-order valence-electron chi connectivity index (χ1n) is 6.04. The molecule has 0 spiro atoms. The van der Waals surface area contributed by atoms with Crippen LogP contribution >= 0.6 is 0 Å². The van der Waals surface area contributed by atoms with Crippen LogP contribution in [-0.2, 0) is 6.61 Å². The fourth-order valence-electron chi connectivity index (χ4n) is 1.69. The van der Waals surface area contributed by atoms with Gasteiger partial charge in [-0.2, -0.15) is 0 Å². The van der Waals surface area contributed by atoms with Gasteiger partial charge in [0.25, 0.3) is 0 Å². The topological polar surface area (TPSA) is 61.0 Å². The summed E-state index contributed by atoms with van der Waals surface area (Å²) in [6.07, 6.45) is 4.28. The normalized spacial score (nSPS) is 12.1. The lowest BCUT2D eigenvalue weighted by atomic mass is 10.0. The van der Waals surface area contributed by atoms with Crippen molar-refractivity contribution in [3.05, 3.63) is 54.1 Å². The summed E-state index contributed by atoms with van der Waals surface area (Å²) in [5, 5.41) is 0. The third-order valence-electron chi connectivity index (χ3n) is 2.73. The highest BCUT2D eigenvalue weighted by molar-refractivity contribution is 5.35. The zero-order valence-electron chi connectivity index (χ0n) is 10.4. The van der Waals surface area contributed by atoms with E-state index in [1.54, 1.807) is 18.5 Å². The van der Waals surface area contributed by atoms with E-state index in [1.807, 2.05) is 24.3 Å². The van der Waals surface area contributed by atoms with E-state index in [1.165, 1.54) is 0 Å². The Labute approximate surface area is 107 Å². The van der Waals surface area contributed by atoms with E-state index < -0.39 is 0 Å². The van der Waals surface area contributed by atoms with Crippen molar-refractivity contribution in [3.8, 4) is 5.75 Å². The first-order valence-corrected chi connectivity index (χ1v) is 6.04. The molecule has 4 heteroatoms. The van der Waals surface area contributed by atoms with Gasteiger partial charge in [0.1, 0.15) is 12.4 Å². The third-order valence-corrected chi connectivity index (χ3v) is 2.73. The molecule has 0 aliphatic heterocycles. The van der Waals surface area contributed by atoms with Crippen LogP contribution in [0.25, 0.3) is 0 Å². The molecule has 1 atom stereocenters. The number of para-hydroxylation sites is 1.